The van der Waals surface area contributed by atoms with Gasteiger partial charge in [-0.1, -0.05) is 6.07 Å². The Morgan fingerprint density at radius 3 is 2.85 bits per heavy atom. The average molecular weight is 349 g/mol. The van der Waals surface area contributed by atoms with Crippen LogP contribution in [-0.4, -0.2) is 36.9 Å². The number of methoxy groups -OCH3 is 1. The number of rotatable bonds is 4. The lowest BCUT2D eigenvalue weighted by atomic mass is 10.1. The molecule has 0 fully saturated rings. The third-order valence-electron chi connectivity index (χ3n) is 4.19. The molecule has 0 aliphatic carbocycles. The van der Waals surface area contributed by atoms with Crippen molar-refractivity contribution in [3.8, 4) is 23.3 Å². The molecule has 3 aromatic heterocycles. The van der Waals surface area contributed by atoms with E-state index in [0.29, 0.717) is 12.6 Å². The Bertz CT molecular complexity index is 978. The molecular weight excluding hydrogens is 334 g/mol. The van der Waals surface area contributed by atoms with Crippen molar-refractivity contribution in [3.63, 3.8) is 0 Å². The van der Waals surface area contributed by atoms with Crippen molar-refractivity contribution in [2.45, 2.75) is 19.3 Å². The zero-order valence-corrected chi connectivity index (χ0v) is 13.9. The summed E-state index contributed by atoms with van der Waals surface area (Å²) in [5, 5.41) is 23.5. The second-order valence-corrected chi connectivity index (χ2v) is 5.75. The van der Waals surface area contributed by atoms with Gasteiger partial charge in [-0.05, 0) is 6.07 Å². The summed E-state index contributed by atoms with van der Waals surface area (Å²) in [6.07, 6.45) is 5.85. The summed E-state index contributed by atoms with van der Waals surface area (Å²) >= 11 is 0. The number of aliphatic hydroxyl groups is 1. The molecule has 0 radical (unpaired) electrons. The Balaban J connectivity index is 1.61. The largest absolute Gasteiger partial charge is 0.467 e. The second-order valence-electron chi connectivity index (χ2n) is 5.75. The zero-order valence-electron chi connectivity index (χ0n) is 13.9. The number of pyridine rings is 1. The van der Waals surface area contributed by atoms with Gasteiger partial charge >= 0.3 is 6.01 Å². The highest BCUT2D eigenvalue weighted by Crippen LogP contribution is 2.35. The third-order valence-corrected chi connectivity index (χ3v) is 4.19. The number of ether oxygens (including phenoxy) is 1. The summed E-state index contributed by atoms with van der Waals surface area (Å²) in [6.45, 7) is 0.607. The Kier molecular flexibility index (Phi) is 3.95. The minimum atomic E-state index is -0.807. The van der Waals surface area contributed by atoms with Crippen LogP contribution in [0.25, 0.3) is 11.3 Å². The summed E-state index contributed by atoms with van der Waals surface area (Å²) in [5.41, 5.74) is 3.75. The molecule has 0 spiro atoms. The Morgan fingerprint density at radius 2 is 2.12 bits per heavy atom. The fourth-order valence-electron chi connectivity index (χ4n) is 2.90. The van der Waals surface area contributed by atoms with Crippen molar-refractivity contribution in [2.75, 3.05) is 12.0 Å². The molecule has 1 aliphatic rings. The number of anilines is 1. The summed E-state index contributed by atoms with van der Waals surface area (Å²) in [6, 6.07) is 6.02. The van der Waals surface area contributed by atoms with Gasteiger partial charge in [0.2, 0.25) is 0 Å². The predicted molar refractivity (Wildman–Crippen MR) is 90.8 cm³/mol. The summed E-state index contributed by atoms with van der Waals surface area (Å²) in [7, 11) is 1.51. The maximum atomic E-state index is 10.6. The van der Waals surface area contributed by atoms with Crippen LogP contribution in [0.15, 0.2) is 36.9 Å². The van der Waals surface area contributed by atoms with Crippen LogP contribution in [0, 0.1) is 11.3 Å². The van der Waals surface area contributed by atoms with Crippen LogP contribution < -0.4 is 9.64 Å². The van der Waals surface area contributed by atoms with Gasteiger partial charge in [-0.3, -0.25) is 9.67 Å². The highest BCUT2D eigenvalue weighted by molar-refractivity contribution is 5.59. The first-order chi connectivity index (χ1) is 12.7. The van der Waals surface area contributed by atoms with E-state index in [2.05, 4.69) is 20.1 Å². The van der Waals surface area contributed by atoms with E-state index in [4.69, 9.17) is 10.00 Å². The number of nitriles is 1. The van der Waals surface area contributed by atoms with Crippen molar-refractivity contribution >= 4 is 5.69 Å². The van der Waals surface area contributed by atoms with Crippen LogP contribution in [0.4, 0.5) is 5.69 Å². The molecule has 4 heterocycles. The molecule has 0 aromatic carbocycles. The van der Waals surface area contributed by atoms with Gasteiger partial charge in [0, 0.05) is 29.7 Å². The molecule has 0 bridgehead atoms. The van der Waals surface area contributed by atoms with Gasteiger partial charge in [-0.25, -0.2) is 9.97 Å². The van der Waals surface area contributed by atoms with Crippen LogP contribution in [0.5, 0.6) is 6.01 Å². The first-order valence-corrected chi connectivity index (χ1v) is 7.90. The topological polar surface area (TPSA) is 113 Å². The quantitative estimate of drug-likeness (QED) is 0.749. The van der Waals surface area contributed by atoms with Gasteiger partial charge in [0.05, 0.1) is 43.0 Å². The van der Waals surface area contributed by atoms with Gasteiger partial charge in [0.25, 0.3) is 0 Å². The highest BCUT2D eigenvalue weighted by atomic mass is 16.5. The molecule has 1 N–H and O–H groups in total. The summed E-state index contributed by atoms with van der Waals surface area (Å²) in [4.78, 5) is 14.6. The number of aromatic nitrogens is 5. The number of nitrogens with zero attached hydrogens (tertiary/aromatic N) is 7. The van der Waals surface area contributed by atoms with E-state index >= 15 is 0 Å². The van der Waals surface area contributed by atoms with Crippen molar-refractivity contribution < 1.29 is 9.84 Å². The summed E-state index contributed by atoms with van der Waals surface area (Å²) < 4.78 is 6.49. The Morgan fingerprint density at radius 1 is 1.31 bits per heavy atom. The standard InChI is InChI=1S/C17H15N7O2/c1-26-17-19-6-11(7-20-17)14-3-2-13-15(22-14)10-24(16(13)25)12-8-21-23(9-12)5-4-18/h2-3,6-9,16,25H,5,10H2,1H3. The fraction of sp³-hybridized carbons (Fsp3) is 0.235. The van der Waals surface area contributed by atoms with Crippen molar-refractivity contribution in [1.29, 1.82) is 5.26 Å². The van der Waals surface area contributed by atoms with Gasteiger partial charge in [0.15, 0.2) is 6.23 Å². The molecule has 1 aliphatic heterocycles. The molecule has 0 saturated carbocycles. The number of hydrogen-bond acceptors (Lipinski definition) is 8. The smallest absolute Gasteiger partial charge is 0.316 e. The van der Waals surface area contributed by atoms with Crippen molar-refractivity contribution in [3.05, 3.63) is 48.2 Å². The Hall–Kier alpha value is -3.51. The minimum absolute atomic E-state index is 0.163. The van der Waals surface area contributed by atoms with E-state index in [-0.39, 0.29) is 6.54 Å². The lowest BCUT2D eigenvalue weighted by molar-refractivity contribution is 0.181. The van der Waals surface area contributed by atoms with Gasteiger partial charge < -0.3 is 14.7 Å². The number of fused-ring (bicyclic) bond motifs is 1. The molecule has 130 valence electrons. The molecule has 0 saturated heterocycles. The van der Waals surface area contributed by atoms with Crippen LogP contribution in [0.1, 0.15) is 17.5 Å². The molecule has 26 heavy (non-hydrogen) atoms. The fourth-order valence-corrected chi connectivity index (χ4v) is 2.90. The maximum absolute atomic E-state index is 10.6. The van der Waals surface area contributed by atoms with E-state index in [1.807, 2.05) is 18.2 Å². The normalized spacial score (nSPS) is 15.6. The SMILES string of the molecule is COc1ncc(-c2ccc3c(n2)CN(c2cnn(CC#N)c2)C3O)cn1. The molecule has 1 unspecified atom stereocenters. The molecule has 1 atom stereocenters. The van der Waals surface area contributed by atoms with E-state index < -0.39 is 6.23 Å². The van der Waals surface area contributed by atoms with Crippen LogP contribution in [-0.2, 0) is 13.1 Å². The monoisotopic (exact) mass is 349 g/mol. The van der Waals surface area contributed by atoms with Gasteiger partial charge in [0.1, 0.15) is 6.54 Å². The highest BCUT2D eigenvalue weighted by Gasteiger charge is 2.31. The maximum Gasteiger partial charge on any atom is 0.316 e. The number of hydrogen-bond donors (Lipinski definition) is 1. The van der Waals surface area contributed by atoms with Crippen LogP contribution in [0.3, 0.4) is 0 Å². The number of aliphatic hydroxyl groups excluding tert-OH is 1. The molecule has 3 aromatic rings. The molecule has 9 heteroatoms. The molecule has 0 amide bonds. The van der Waals surface area contributed by atoms with E-state index in [9.17, 15) is 5.11 Å². The second kappa shape index (κ2) is 6.42. The first-order valence-electron chi connectivity index (χ1n) is 7.90. The van der Waals surface area contributed by atoms with Crippen LogP contribution in [0.2, 0.25) is 0 Å². The molecule has 9 nitrogen and oxygen atoms in total. The Labute approximate surface area is 149 Å². The van der Waals surface area contributed by atoms with Crippen LogP contribution >= 0.6 is 0 Å². The van der Waals surface area contributed by atoms with Gasteiger partial charge in [-0.15, -0.1) is 0 Å². The van der Waals surface area contributed by atoms with E-state index in [0.717, 1.165) is 28.2 Å². The van der Waals surface area contributed by atoms with E-state index in [1.165, 1.54) is 11.8 Å². The van der Waals surface area contributed by atoms with Crippen molar-refractivity contribution in [2.24, 2.45) is 0 Å². The zero-order chi connectivity index (χ0) is 18.1. The average Bonchev–Trinajstić information content (AvgIpc) is 3.26. The third kappa shape index (κ3) is 2.72. The lowest BCUT2D eigenvalue weighted by Gasteiger charge is -2.20. The van der Waals surface area contributed by atoms with Crippen molar-refractivity contribution in [1.82, 2.24) is 24.7 Å². The van der Waals surface area contributed by atoms with E-state index in [1.54, 1.807) is 29.7 Å². The first kappa shape index (κ1) is 16.0. The minimum Gasteiger partial charge on any atom is -0.467 e. The molecule has 4 rings (SSSR count). The molecular formula is C17H15N7O2. The summed E-state index contributed by atoms with van der Waals surface area (Å²) in [5.74, 6) is 0. The lowest BCUT2D eigenvalue weighted by Crippen LogP contribution is -2.20. The van der Waals surface area contributed by atoms with Gasteiger partial charge in [-0.2, -0.15) is 10.4 Å². The predicted octanol–water partition coefficient (Wildman–Crippen LogP) is 1.28.